The highest BCUT2D eigenvalue weighted by atomic mass is 16.7. The van der Waals surface area contributed by atoms with Gasteiger partial charge in [-0.15, -0.1) is 0 Å². The molecule has 2 aromatic rings. The summed E-state index contributed by atoms with van der Waals surface area (Å²) in [6.07, 6.45) is 0.605. The number of urea groups is 1. The summed E-state index contributed by atoms with van der Waals surface area (Å²) in [6.45, 7) is 5.60. The van der Waals surface area contributed by atoms with E-state index in [2.05, 4.69) is 10.8 Å². The highest BCUT2D eigenvalue weighted by Crippen LogP contribution is 2.20. The zero-order valence-electron chi connectivity index (χ0n) is 19.1. The molecule has 1 saturated heterocycles. The van der Waals surface area contributed by atoms with Gasteiger partial charge in [-0.3, -0.25) is 0 Å². The molecular weight excluding hydrogens is 425 g/mol. The van der Waals surface area contributed by atoms with Gasteiger partial charge in [0.05, 0.1) is 19.2 Å². The molecule has 178 valence electrons. The zero-order valence-corrected chi connectivity index (χ0v) is 19.1. The molecule has 3 rings (SSSR count). The lowest BCUT2D eigenvalue weighted by atomic mass is 9.76. The Balaban J connectivity index is 1.76. The van der Waals surface area contributed by atoms with Crippen LogP contribution in [0.5, 0.6) is 0 Å². The van der Waals surface area contributed by atoms with E-state index in [0.717, 1.165) is 16.3 Å². The molecule has 2 aromatic carbocycles. The summed E-state index contributed by atoms with van der Waals surface area (Å²) in [7, 11) is -1.69. The summed E-state index contributed by atoms with van der Waals surface area (Å²) in [6, 6.07) is 12.3. The molecule has 1 heterocycles. The summed E-state index contributed by atoms with van der Waals surface area (Å²) in [5, 5.41) is 24.0. The number of ether oxygens (including phenoxy) is 1. The van der Waals surface area contributed by atoms with Gasteiger partial charge >= 0.3 is 19.1 Å². The van der Waals surface area contributed by atoms with Crippen molar-refractivity contribution < 1.29 is 29.2 Å². The Morgan fingerprint density at radius 1 is 1.12 bits per heavy atom. The first-order valence-corrected chi connectivity index (χ1v) is 11.3. The molecule has 0 aromatic heterocycles. The van der Waals surface area contributed by atoms with Crippen LogP contribution in [0.4, 0.5) is 4.79 Å². The normalized spacial score (nSPS) is 15.8. The molecule has 33 heavy (non-hydrogen) atoms. The average molecular weight is 457 g/mol. The maximum absolute atomic E-state index is 13.0. The number of nitrogens with zero attached hydrogens (tertiary/aromatic N) is 1. The minimum absolute atomic E-state index is 0.149. The van der Waals surface area contributed by atoms with Crippen LogP contribution in [0.3, 0.4) is 0 Å². The second kappa shape index (κ2) is 12.0. The number of benzene rings is 2. The van der Waals surface area contributed by atoms with Gasteiger partial charge in [0.15, 0.2) is 0 Å². The van der Waals surface area contributed by atoms with E-state index >= 15 is 0 Å². The highest BCUT2D eigenvalue weighted by Gasteiger charge is 2.30. The summed E-state index contributed by atoms with van der Waals surface area (Å²) >= 11 is 0. The number of rotatable bonds is 9. The molecule has 9 nitrogen and oxygen atoms in total. The number of carbonyl (C=O) groups is 2. The van der Waals surface area contributed by atoms with Gasteiger partial charge in [-0.25, -0.2) is 9.59 Å². The van der Waals surface area contributed by atoms with E-state index in [1.54, 1.807) is 4.90 Å². The van der Waals surface area contributed by atoms with Gasteiger partial charge < -0.3 is 29.8 Å². The fourth-order valence-electron chi connectivity index (χ4n) is 3.83. The van der Waals surface area contributed by atoms with E-state index < -0.39 is 25.1 Å². The number of nitrogens with one attached hydrogen (secondary N) is 2. The summed E-state index contributed by atoms with van der Waals surface area (Å²) in [5.74, 6) is -1.41. The van der Waals surface area contributed by atoms with Gasteiger partial charge in [-0.05, 0) is 28.7 Å². The Morgan fingerprint density at radius 3 is 2.52 bits per heavy atom. The van der Waals surface area contributed by atoms with Crippen molar-refractivity contribution in [2.24, 2.45) is 5.92 Å². The molecule has 4 N–H and O–H groups in total. The number of hydrogen-bond donors (Lipinski definition) is 4. The van der Waals surface area contributed by atoms with E-state index in [0.29, 0.717) is 32.7 Å². The molecule has 2 atom stereocenters. The maximum Gasteiger partial charge on any atom is 0.473 e. The number of carbonyl (C=O) groups excluding carboxylic acids is 2. The van der Waals surface area contributed by atoms with Crippen molar-refractivity contribution in [2.45, 2.75) is 38.7 Å². The van der Waals surface area contributed by atoms with Crippen LogP contribution in [0.2, 0.25) is 0 Å². The second-order valence-electron chi connectivity index (χ2n) is 8.63. The van der Waals surface area contributed by atoms with Crippen LogP contribution in [0.1, 0.15) is 25.8 Å². The van der Waals surface area contributed by atoms with E-state index in [4.69, 9.17) is 9.57 Å². The first kappa shape index (κ1) is 25.0. The van der Waals surface area contributed by atoms with Gasteiger partial charge in [-0.2, -0.15) is 5.48 Å². The highest BCUT2D eigenvalue weighted by molar-refractivity contribution is 6.43. The molecule has 0 aliphatic carbocycles. The quantitative estimate of drug-likeness (QED) is 0.331. The molecule has 0 unspecified atom stereocenters. The van der Waals surface area contributed by atoms with E-state index in [1.165, 1.54) is 0 Å². The van der Waals surface area contributed by atoms with Crippen molar-refractivity contribution in [3.8, 4) is 0 Å². The van der Waals surface area contributed by atoms with Crippen LogP contribution >= 0.6 is 0 Å². The third kappa shape index (κ3) is 7.16. The maximum atomic E-state index is 13.0. The van der Waals surface area contributed by atoms with Crippen LogP contribution in [0, 0.1) is 5.92 Å². The Kier molecular flexibility index (Phi) is 9.07. The van der Waals surface area contributed by atoms with Crippen LogP contribution in [-0.4, -0.2) is 72.4 Å². The summed E-state index contributed by atoms with van der Waals surface area (Å²) < 4.78 is 5.29. The smallest absolute Gasteiger partial charge is 0.426 e. The molecule has 2 amide bonds. The van der Waals surface area contributed by atoms with Gasteiger partial charge in [0, 0.05) is 19.5 Å². The lowest BCUT2D eigenvalue weighted by Crippen LogP contribution is -2.54. The van der Waals surface area contributed by atoms with Crippen LogP contribution in [0.25, 0.3) is 10.8 Å². The fraction of sp³-hybridized carbons (Fsp3) is 0.478. The Labute approximate surface area is 194 Å². The molecule has 0 spiro atoms. The van der Waals surface area contributed by atoms with Crippen molar-refractivity contribution in [2.75, 3.05) is 26.3 Å². The monoisotopic (exact) mass is 457 g/mol. The number of fused-ring (bicyclic) bond motifs is 1. The summed E-state index contributed by atoms with van der Waals surface area (Å²) in [5.41, 5.74) is 3.36. The van der Waals surface area contributed by atoms with Crippen LogP contribution < -0.4 is 10.8 Å². The first-order chi connectivity index (χ1) is 15.8. The van der Waals surface area contributed by atoms with Gasteiger partial charge in [0.2, 0.25) is 0 Å². The van der Waals surface area contributed by atoms with Crippen molar-refractivity contribution in [1.82, 2.24) is 15.7 Å². The van der Waals surface area contributed by atoms with Crippen LogP contribution in [0.15, 0.2) is 42.5 Å². The Hall–Kier alpha value is -2.66. The van der Waals surface area contributed by atoms with Gasteiger partial charge in [-0.1, -0.05) is 56.3 Å². The molecule has 0 saturated carbocycles. The standard InChI is InChI=1S/C23H32BN3O6/c1-16(2)14-21(24(30)31)26-33-22(28)20(25-23(29)27-10-12-32-13-11-27)15-18-8-5-7-17-6-3-4-9-19(17)18/h3-9,16,20-21,26,30-31H,10-15H2,1-2H3,(H,25,29)/t20-,21-/m0/s1. The lowest BCUT2D eigenvalue weighted by Gasteiger charge is -2.29. The van der Waals surface area contributed by atoms with Gasteiger partial charge in [0.25, 0.3) is 0 Å². The third-order valence-electron chi connectivity index (χ3n) is 5.58. The lowest BCUT2D eigenvalue weighted by molar-refractivity contribution is -0.154. The number of hydroxylamine groups is 1. The van der Waals surface area contributed by atoms with E-state index in [-0.39, 0.29) is 18.4 Å². The minimum Gasteiger partial charge on any atom is -0.426 e. The third-order valence-corrected chi connectivity index (χ3v) is 5.58. The van der Waals surface area contributed by atoms with Crippen molar-refractivity contribution in [1.29, 1.82) is 0 Å². The molecule has 1 fully saturated rings. The molecule has 0 radical (unpaired) electrons. The van der Waals surface area contributed by atoms with E-state index in [1.807, 2.05) is 56.3 Å². The predicted octanol–water partition coefficient (Wildman–Crippen LogP) is 1.27. The van der Waals surface area contributed by atoms with Crippen LogP contribution in [-0.2, 0) is 20.8 Å². The number of morpholine rings is 1. The first-order valence-electron chi connectivity index (χ1n) is 11.3. The van der Waals surface area contributed by atoms with Crippen molar-refractivity contribution in [3.05, 3.63) is 48.0 Å². The molecular formula is C23H32BN3O6. The van der Waals surface area contributed by atoms with Crippen molar-refractivity contribution >= 4 is 29.9 Å². The molecule has 1 aliphatic heterocycles. The van der Waals surface area contributed by atoms with Crippen molar-refractivity contribution in [3.63, 3.8) is 0 Å². The predicted molar refractivity (Wildman–Crippen MR) is 125 cm³/mol. The fourth-order valence-corrected chi connectivity index (χ4v) is 3.83. The Bertz CT molecular complexity index is 930. The number of hydrogen-bond acceptors (Lipinski definition) is 7. The zero-order chi connectivity index (χ0) is 23.8. The largest absolute Gasteiger partial charge is 0.473 e. The molecule has 10 heteroatoms. The molecule has 0 bridgehead atoms. The van der Waals surface area contributed by atoms with Gasteiger partial charge in [0.1, 0.15) is 6.04 Å². The second-order valence-corrected chi connectivity index (χ2v) is 8.63. The SMILES string of the molecule is CC(C)C[C@H](NOC(=O)[C@H](Cc1cccc2ccccc12)NC(=O)N1CCOCC1)B(O)O. The topological polar surface area (TPSA) is 120 Å². The van der Waals surface area contributed by atoms with E-state index in [9.17, 15) is 19.6 Å². The average Bonchev–Trinajstić information content (AvgIpc) is 2.81. The molecule has 1 aliphatic rings. The number of amides is 2. The summed E-state index contributed by atoms with van der Waals surface area (Å²) in [4.78, 5) is 32.6. The minimum atomic E-state index is -1.69. The Morgan fingerprint density at radius 2 is 1.82 bits per heavy atom.